The van der Waals surface area contributed by atoms with Crippen molar-refractivity contribution in [1.29, 1.82) is 5.26 Å². The molecule has 1 unspecified atom stereocenters. The lowest BCUT2D eigenvalue weighted by molar-refractivity contribution is -0.118. The van der Waals surface area contributed by atoms with E-state index in [2.05, 4.69) is 61.6 Å². The van der Waals surface area contributed by atoms with Crippen LogP contribution in [0.1, 0.15) is 56.3 Å². The van der Waals surface area contributed by atoms with Crippen LogP contribution >= 0.6 is 0 Å². The number of aliphatic hydroxyl groups is 1. The molecule has 1 aliphatic heterocycles. The Hall–Kier alpha value is -3.42. The Labute approximate surface area is 189 Å². The number of hydrogen-bond donors (Lipinski definition) is 2. The molecule has 0 saturated heterocycles. The summed E-state index contributed by atoms with van der Waals surface area (Å²) >= 11 is 0. The van der Waals surface area contributed by atoms with Crippen molar-refractivity contribution in [1.82, 2.24) is 0 Å². The number of hydrogen-bond acceptors (Lipinski definition) is 4. The minimum atomic E-state index is -0.185. The van der Waals surface area contributed by atoms with Gasteiger partial charge in [-0.2, -0.15) is 5.26 Å². The van der Waals surface area contributed by atoms with Gasteiger partial charge in [0.25, 0.3) is 0 Å². The van der Waals surface area contributed by atoms with E-state index >= 15 is 0 Å². The van der Waals surface area contributed by atoms with E-state index in [0.717, 1.165) is 23.2 Å². The second-order valence-corrected chi connectivity index (χ2v) is 9.17. The minimum Gasteiger partial charge on any atom is -0.397 e. The first-order valence-corrected chi connectivity index (χ1v) is 11.0. The van der Waals surface area contributed by atoms with Crippen molar-refractivity contribution in [2.24, 2.45) is 5.41 Å². The zero-order chi connectivity index (χ0) is 22.9. The molecule has 0 saturated carbocycles. The number of nitriles is 1. The molecule has 2 aliphatic rings. The van der Waals surface area contributed by atoms with Crippen LogP contribution in [-0.4, -0.2) is 17.5 Å². The van der Waals surface area contributed by atoms with Crippen molar-refractivity contribution >= 4 is 27.8 Å². The van der Waals surface area contributed by atoms with Crippen molar-refractivity contribution in [2.75, 3.05) is 11.9 Å². The lowest BCUT2D eigenvalue weighted by Crippen LogP contribution is -2.33. The number of Topliss-reactive ketones (excluding diaryl/α,β-unsaturated/α-hetero) is 1. The third kappa shape index (κ3) is 3.92. The maximum atomic E-state index is 13.3. The summed E-state index contributed by atoms with van der Waals surface area (Å²) in [5.74, 6) is 0.219. The number of benzene rings is 3. The van der Waals surface area contributed by atoms with Gasteiger partial charge < -0.3 is 10.4 Å². The molecule has 4 nitrogen and oxygen atoms in total. The standard InChI is InChI=1S/C26H22N2O.C2H6O/c1-26(2)13-20-23-19-6-4-3-5-17(19)11-12-21(23)28-25(24(20)22(29)14-26)18-9-7-16(15-27)8-10-18;1-2-3/h3-12,25,28H,13-14H2,1-2H3;3H,2H2,1H3. The molecule has 162 valence electrons. The molecule has 0 aromatic heterocycles. The first-order chi connectivity index (χ1) is 15.4. The molecule has 5 rings (SSSR count). The first kappa shape index (κ1) is 21.8. The van der Waals surface area contributed by atoms with Crippen LogP contribution in [0.15, 0.2) is 66.2 Å². The topological polar surface area (TPSA) is 73.1 Å². The lowest BCUT2D eigenvalue weighted by atomic mass is 9.68. The number of anilines is 1. The lowest BCUT2D eigenvalue weighted by Gasteiger charge is -2.40. The second-order valence-electron chi connectivity index (χ2n) is 9.17. The molecule has 0 spiro atoms. The van der Waals surface area contributed by atoms with Crippen molar-refractivity contribution in [2.45, 2.75) is 39.7 Å². The Balaban J connectivity index is 0.000000775. The smallest absolute Gasteiger partial charge is 0.162 e. The van der Waals surface area contributed by atoms with E-state index in [0.29, 0.717) is 12.0 Å². The number of carbonyl (C=O) groups is 1. The fourth-order valence-corrected chi connectivity index (χ4v) is 4.84. The highest BCUT2D eigenvalue weighted by molar-refractivity contribution is 6.12. The van der Waals surface area contributed by atoms with Crippen LogP contribution in [0.2, 0.25) is 0 Å². The summed E-state index contributed by atoms with van der Waals surface area (Å²) in [7, 11) is 0. The van der Waals surface area contributed by atoms with E-state index in [1.807, 2.05) is 24.3 Å². The van der Waals surface area contributed by atoms with Crippen molar-refractivity contribution in [3.63, 3.8) is 0 Å². The summed E-state index contributed by atoms with van der Waals surface area (Å²) in [4.78, 5) is 13.3. The van der Waals surface area contributed by atoms with Gasteiger partial charge in [0.05, 0.1) is 17.7 Å². The SMILES string of the molecule is CC1(C)CC(=O)C2=C(C1)c1c(ccc3ccccc13)NC2c1ccc(C#N)cc1.CCO. The number of ketones is 1. The van der Waals surface area contributed by atoms with Gasteiger partial charge in [-0.3, -0.25) is 4.79 Å². The number of allylic oxidation sites excluding steroid dienone is 1. The third-order valence-corrected chi connectivity index (χ3v) is 6.11. The van der Waals surface area contributed by atoms with Crippen molar-refractivity contribution < 1.29 is 9.90 Å². The maximum Gasteiger partial charge on any atom is 0.162 e. The molecule has 32 heavy (non-hydrogen) atoms. The molecule has 3 aromatic rings. The van der Waals surface area contributed by atoms with Crippen molar-refractivity contribution in [3.8, 4) is 6.07 Å². The van der Waals surface area contributed by atoms with E-state index in [-0.39, 0.29) is 23.8 Å². The highest BCUT2D eigenvalue weighted by atomic mass is 16.2. The molecule has 3 aromatic carbocycles. The largest absolute Gasteiger partial charge is 0.397 e. The highest BCUT2D eigenvalue weighted by Crippen LogP contribution is 2.51. The predicted octanol–water partition coefficient (Wildman–Crippen LogP) is 6.02. The highest BCUT2D eigenvalue weighted by Gasteiger charge is 2.40. The number of nitrogens with one attached hydrogen (secondary N) is 1. The fraction of sp³-hybridized carbons (Fsp3) is 0.286. The Bertz CT molecular complexity index is 1250. The molecule has 0 radical (unpaired) electrons. The molecule has 1 aliphatic carbocycles. The summed E-state index contributed by atoms with van der Waals surface area (Å²) in [6.07, 6.45) is 1.43. The van der Waals surface area contributed by atoms with Gasteiger partial charge in [-0.25, -0.2) is 0 Å². The Morgan fingerprint density at radius 3 is 2.44 bits per heavy atom. The molecule has 1 heterocycles. The molecule has 0 fully saturated rings. The summed E-state index contributed by atoms with van der Waals surface area (Å²) in [5.41, 5.74) is 5.89. The average molecular weight is 425 g/mol. The number of nitrogens with zero attached hydrogens (tertiary/aromatic N) is 1. The summed E-state index contributed by atoms with van der Waals surface area (Å²) in [5, 5.41) is 22.7. The third-order valence-electron chi connectivity index (χ3n) is 6.11. The Morgan fingerprint density at radius 1 is 1.06 bits per heavy atom. The first-order valence-electron chi connectivity index (χ1n) is 11.0. The van der Waals surface area contributed by atoms with Gasteiger partial charge in [0.1, 0.15) is 0 Å². The quantitative estimate of drug-likeness (QED) is 0.501. The van der Waals surface area contributed by atoms with Gasteiger partial charge in [-0.1, -0.05) is 56.3 Å². The molecular weight excluding hydrogens is 396 g/mol. The predicted molar refractivity (Wildman–Crippen MR) is 129 cm³/mol. The van der Waals surface area contributed by atoms with Crippen LogP contribution in [-0.2, 0) is 4.79 Å². The van der Waals surface area contributed by atoms with Gasteiger partial charge in [0.2, 0.25) is 0 Å². The minimum absolute atomic E-state index is 0.0588. The van der Waals surface area contributed by atoms with Gasteiger partial charge in [-0.15, -0.1) is 0 Å². The van der Waals surface area contributed by atoms with Gasteiger partial charge in [0.15, 0.2) is 5.78 Å². The maximum absolute atomic E-state index is 13.3. The summed E-state index contributed by atoms with van der Waals surface area (Å²) in [6, 6.07) is 22.2. The number of fused-ring (bicyclic) bond motifs is 4. The van der Waals surface area contributed by atoms with Gasteiger partial charge >= 0.3 is 0 Å². The monoisotopic (exact) mass is 424 g/mol. The molecule has 2 N–H and O–H groups in total. The van der Waals surface area contributed by atoms with Gasteiger partial charge in [0, 0.05) is 29.9 Å². The van der Waals surface area contributed by atoms with Crippen LogP contribution in [0.25, 0.3) is 16.3 Å². The molecular formula is C28H28N2O2. The van der Waals surface area contributed by atoms with Crippen LogP contribution in [0.5, 0.6) is 0 Å². The molecule has 0 amide bonds. The zero-order valence-electron chi connectivity index (χ0n) is 18.8. The summed E-state index contributed by atoms with van der Waals surface area (Å²) < 4.78 is 0. The van der Waals surface area contributed by atoms with E-state index < -0.39 is 0 Å². The second kappa shape index (κ2) is 8.61. The number of rotatable bonds is 1. The number of aliphatic hydroxyl groups excluding tert-OH is 1. The van der Waals surface area contributed by atoms with Crippen LogP contribution < -0.4 is 5.32 Å². The zero-order valence-corrected chi connectivity index (χ0v) is 18.8. The fourth-order valence-electron chi connectivity index (χ4n) is 4.84. The van der Waals surface area contributed by atoms with Crippen LogP contribution in [0.4, 0.5) is 5.69 Å². The molecule has 4 heteroatoms. The Morgan fingerprint density at radius 2 is 1.75 bits per heavy atom. The van der Waals surface area contributed by atoms with Gasteiger partial charge in [-0.05, 0) is 58.9 Å². The molecule has 0 bridgehead atoms. The normalized spacial score (nSPS) is 18.6. The Kier molecular flexibility index (Phi) is 5.86. The van der Waals surface area contributed by atoms with E-state index in [1.54, 1.807) is 6.92 Å². The van der Waals surface area contributed by atoms with E-state index in [9.17, 15) is 4.79 Å². The van der Waals surface area contributed by atoms with E-state index in [1.165, 1.54) is 21.9 Å². The number of carbonyl (C=O) groups excluding carboxylic acids is 1. The molecule has 1 atom stereocenters. The van der Waals surface area contributed by atoms with Crippen molar-refractivity contribution in [3.05, 3.63) is 82.9 Å². The summed E-state index contributed by atoms with van der Waals surface area (Å²) in [6.45, 7) is 6.29. The van der Waals surface area contributed by atoms with E-state index in [4.69, 9.17) is 10.4 Å². The average Bonchev–Trinajstić information content (AvgIpc) is 2.78. The van der Waals surface area contributed by atoms with Crippen LogP contribution in [0, 0.1) is 16.7 Å². The van der Waals surface area contributed by atoms with Crippen LogP contribution in [0.3, 0.4) is 0 Å².